The number of aromatic nitrogens is 1. The third-order valence-electron chi connectivity index (χ3n) is 2.00. The molecule has 0 saturated heterocycles. The Morgan fingerprint density at radius 3 is 2.19 bits per heavy atom. The van der Waals surface area contributed by atoms with Crippen LogP contribution in [0.2, 0.25) is 0 Å². The standard InChI is InChI=1S/C10H5F3INO/c11-10(12,13)7-3-1-6(2-4-7)8-9(14)15-5-16-8/h1-5H. The molecule has 1 aromatic heterocycles. The number of nitrogens with zero attached hydrogens (tertiary/aromatic N) is 1. The van der Waals surface area contributed by atoms with Crippen molar-refractivity contribution in [3.63, 3.8) is 0 Å². The molecule has 0 N–H and O–H groups in total. The molecule has 2 rings (SSSR count). The molecular formula is C10H5F3INO. The monoisotopic (exact) mass is 339 g/mol. The minimum atomic E-state index is -4.31. The maximum Gasteiger partial charge on any atom is 0.416 e. The molecule has 0 aliphatic rings. The molecule has 0 unspecified atom stereocenters. The molecule has 2 aromatic rings. The minimum Gasteiger partial charge on any atom is -0.442 e. The summed E-state index contributed by atoms with van der Waals surface area (Å²) in [5, 5.41) is 0. The van der Waals surface area contributed by atoms with E-state index in [9.17, 15) is 13.2 Å². The first-order chi connectivity index (χ1) is 7.48. The summed E-state index contributed by atoms with van der Waals surface area (Å²) in [5.41, 5.74) is -0.0966. The van der Waals surface area contributed by atoms with Gasteiger partial charge in [0.2, 0.25) is 0 Å². The molecule has 16 heavy (non-hydrogen) atoms. The Morgan fingerprint density at radius 1 is 1.12 bits per heavy atom. The van der Waals surface area contributed by atoms with Crippen LogP contribution in [0.15, 0.2) is 35.1 Å². The highest BCUT2D eigenvalue weighted by atomic mass is 127. The van der Waals surface area contributed by atoms with Crippen LogP contribution in [-0.2, 0) is 6.18 Å². The fraction of sp³-hybridized carbons (Fsp3) is 0.100. The van der Waals surface area contributed by atoms with Gasteiger partial charge < -0.3 is 4.42 Å². The molecule has 0 radical (unpaired) electrons. The largest absolute Gasteiger partial charge is 0.442 e. The third kappa shape index (κ3) is 2.21. The molecule has 0 aliphatic carbocycles. The molecular weight excluding hydrogens is 334 g/mol. The number of halogens is 4. The van der Waals surface area contributed by atoms with Gasteiger partial charge in [-0.3, -0.25) is 0 Å². The first-order valence-corrected chi connectivity index (χ1v) is 5.33. The molecule has 0 saturated carbocycles. The molecule has 0 fully saturated rings. The summed E-state index contributed by atoms with van der Waals surface area (Å²) in [6.07, 6.45) is -3.05. The average Bonchev–Trinajstić information content (AvgIpc) is 2.63. The molecule has 0 aliphatic heterocycles. The molecule has 0 amide bonds. The maximum absolute atomic E-state index is 12.3. The normalized spacial score (nSPS) is 11.8. The van der Waals surface area contributed by atoms with E-state index in [1.807, 2.05) is 22.6 Å². The van der Waals surface area contributed by atoms with Crippen molar-refractivity contribution in [2.24, 2.45) is 0 Å². The SMILES string of the molecule is FC(F)(F)c1ccc(-c2ocnc2I)cc1. The van der Waals surface area contributed by atoms with Crippen molar-refractivity contribution in [2.45, 2.75) is 6.18 Å². The van der Waals surface area contributed by atoms with Crippen LogP contribution in [0.5, 0.6) is 0 Å². The van der Waals surface area contributed by atoms with E-state index in [1.165, 1.54) is 18.5 Å². The van der Waals surface area contributed by atoms with Crippen molar-refractivity contribution < 1.29 is 17.6 Å². The summed E-state index contributed by atoms with van der Waals surface area (Å²) >= 11 is 1.96. The van der Waals surface area contributed by atoms with E-state index in [0.29, 0.717) is 15.0 Å². The molecule has 2 nitrogen and oxygen atoms in total. The Bertz CT molecular complexity index is 490. The van der Waals surface area contributed by atoms with Crippen LogP contribution < -0.4 is 0 Å². The van der Waals surface area contributed by atoms with Gasteiger partial charge in [-0.25, -0.2) is 4.98 Å². The Morgan fingerprint density at radius 2 is 1.75 bits per heavy atom. The fourth-order valence-electron chi connectivity index (χ4n) is 1.23. The van der Waals surface area contributed by atoms with Crippen LogP contribution >= 0.6 is 22.6 Å². The maximum atomic E-state index is 12.3. The van der Waals surface area contributed by atoms with Crippen molar-refractivity contribution in [2.75, 3.05) is 0 Å². The number of benzene rings is 1. The third-order valence-corrected chi connectivity index (χ3v) is 2.77. The summed E-state index contributed by atoms with van der Waals surface area (Å²) in [4.78, 5) is 3.86. The van der Waals surface area contributed by atoms with Gasteiger partial charge in [0.15, 0.2) is 12.2 Å². The van der Waals surface area contributed by atoms with E-state index in [1.54, 1.807) is 0 Å². The second-order valence-electron chi connectivity index (χ2n) is 3.05. The number of hydrogen-bond donors (Lipinski definition) is 0. The van der Waals surface area contributed by atoms with Crippen molar-refractivity contribution in [1.29, 1.82) is 0 Å². The lowest BCUT2D eigenvalue weighted by atomic mass is 10.1. The number of oxazole rings is 1. The lowest BCUT2D eigenvalue weighted by Crippen LogP contribution is -2.03. The second kappa shape index (κ2) is 4.08. The minimum absolute atomic E-state index is 0.481. The number of alkyl halides is 3. The topological polar surface area (TPSA) is 26.0 Å². The van der Waals surface area contributed by atoms with E-state index in [4.69, 9.17) is 4.42 Å². The van der Waals surface area contributed by atoms with Crippen molar-refractivity contribution in [1.82, 2.24) is 4.98 Å². The lowest BCUT2D eigenvalue weighted by Gasteiger charge is -2.06. The molecule has 1 heterocycles. The number of hydrogen-bond acceptors (Lipinski definition) is 2. The van der Waals surface area contributed by atoms with Gasteiger partial charge in [0.1, 0.15) is 3.70 Å². The highest BCUT2D eigenvalue weighted by Crippen LogP contribution is 2.31. The summed E-state index contributed by atoms with van der Waals surface area (Å²) in [6, 6.07) is 4.78. The van der Waals surface area contributed by atoms with Crippen LogP contribution in [0.25, 0.3) is 11.3 Å². The molecule has 0 atom stereocenters. The van der Waals surface area contributed by atoms with Crippen molar-refractivity contribution in [3.05, 3.63) is 39.9 Å². The van der Waals surface area contributed by atoms with Gasteiger partial charge in [0.05, 0.1) is 5.56 Å². The van der Waals surface area contributed by atoms with Gasteiger partial charge in [-0.05, 0) is 34.7 Å². The first kappa shape index (κ1) is 11.4. The van der Waals surface area contributed by atoms with Crippen LogP contribution in [0.3, 0.4) is 0 Å². The predicted octanol–water partition coefficient (Wildman–Crippen LogP) is 3.97. The Kier molecular flexibility index (Phi) is 2.92. The van der Waals surface area contributed by atoms with Crippen LogP contribution in [0.4, 0.5) is 13.2 Å². The summed E-state index contributed by atoms with van der Waals surface area (Å²) in [5.74, 6) is 0.481. The summed E-state index contributed by atoms with van der Waals surface area (Å²) in [7, 11) is 0. The second-order valence-corrected chi connectivity index (χ2v) is 4.07. The zero-order valence-electron chi connectivity index (χ0n) is 7.75. The Balaban J connectivity index is 2.37. The summed E-state index contributed by atoms with van der Waals surface area (Å²) < 4.78 is 42.6. The smallest absolute Gasteiger partial charge is 0.416 e. The van der Waals surface area contributed by atoms with E-state index in [-0.39, 0.29) is 0 Å². The van der Waals surface area contributed by atoms with Gasteiger partial charge in [-0.2, -0.15) is 13.2 Å². The van der Waals surface area contributed by atoms with Gasteiger partial charge >= 0.3 is 6.18 Å². The molecule has 84 valence electrons. The van der Waals surface area contributed by atoms with Crippen LogP contribution in [-0.4, -0.2) is 4.98 Å². The lowest BCUT2D eigenvalue weighted by molar-refractivity contribution is -0.137. The van der Waals surface area contributed by atoms with Crippen LogP contribution in [0, 0.1) is 3.70 Å². The van der Waals surface area contributed by atoms with Gasteiger partial charge in [-0.1, -0.05) is 12.1 Å². The first-order valence-electron chi connectivity index (χ1n) is 4.25. The zero-order valence-corrected chi connectivity index (χ0v) is 9.91. The molecule has 1 aromatic carbocycles. The quantitative estimate of drug-likeness (QED) is 0.735. The molecule has 0 spiro atoms. The van der Waals surface area contributed by atoms with E-state index >= 15 is 0 Å². The predicted molar refractivity (Wildman–Crippen MR) is 59.7 cm³/mol. The molecule has 6 heteroatoms. The van der Waals surface area contributed by atoms with Gasteiger partial charge in [0, 0.05) is 5.56 Å². The molecule has 0 bridgehead atoms. The highest BCUT2D eigenvalue weighted by molar-refractivity contribution is 14.1. The van der Waals surface area contributed by atoms with Gasteiger partial charge in [0.25, 0.3) is 0 Å². The van der Waals surface area contributed by atoms with E-state index in [0.717, 1.165) is 12.1 Å². The van der Waals surface area contributed by atoms with Crippen molar-refractivity contribution in [3.8, 4) is 11.3 Å². The number of rotatable bonds is 1. The van der Waals surface area contributed by atoms with Crippen LogP contribution in [0.1, 0.15) is 5.56 Å². The Labute approximate surface area is 103 Å². The highest BCUT2D eigenvalue weighted by Gasteiger charge is 2.30. The van der Waals surface area contributed by atoms with E-state index < -0.39 is 11.7 Å². The average molecular weight is 339 g/mol. The fourth-order valence-corrected chi connectivity index (χ4v) is 1.78. The van der Waals surface area contributed by atoms with Crippen molar-refractivity contribution >= 4 is 22.6 Å². The van der Waals surface area contributed by atoms with E-state index in [2.05, 4.69) is 4.98 Å². The van der Waals surface area contributed by atoms with Gasteiger partial charge in [-0.15, -0.1) is 0 Å². The zero-order chi connectivity index (χ0) is 11.8. The summed E-state index contributed by atoms with van der Waals surface area (Å²) in [6.45, 7) is 0. The Hall–Kier alpha value is -1.05.